The molecular formula is C17H27N3O3. The molecule has 0 bridgehead atoms. The van der Waals surface area contributed by atoms with Gasteiger partial charge in [0, 0.05) is 25.1 Å². The van der Waals surface area contributed by atoms with Gasteiger partial charge in [-0.15, -0.1) is 0 Å². The van der Waals surface area contributed by atoms with E-state index in [0.717, 1.165) is 71.1 Å². The van der Waals surface area contributed by atoms with Crippen LogP contribution in [0.4, 0.5) is 0 Å². The van der Waals surface area contributed by atoms with Crippen molar-refractivity contribution in [1.29, 1.82) is 0 Å². The van der Waals surface area contributed by atoms with Crippen molar-refractivity contribution in [2.24, 2.45) is 11.8 Å². The summed E-state index contributed by atoms with van der Waals surface area (Å²) in [7, 11) is 0. The van der Waals surface area contributed by atoms with Crippen LogP contribution in [0.5, 0.6) is 0 Å². The van der Waals surface area contributed by atoms with Crippen LogP contribution < -0.4 is 5.56 Å². The molecule has 0 N–H and O–H groups in total. The minimum absolute atomic E-state index is 0.00535. The standard InChI is InChI=1S/C17H27N3O3/c1-14-2-3-17(21)20(18-14)11-15-4-6-19(7-5-15)10-16-12-22-8-9-23-13-16/h2-3,15-16H,4-13H2,1H3. The predicted molar refractivity (Wildman–Crippen MR) is 87.5 cm³/mol. The SMILES string of the molecule is Cc1ccc(=O)n(CC2CCN(CC3COCCOC3)CC2)n1. The molecule has 0 amide bonds. The Morgan fingerprint density at radius 1 is 1.09 bits per heavy atom. The average molecular weight is 321 g/mol. The molecular weight excluding hydrogens is 294 g/mol. The third-order valence-electron chi connectivity index (χ3n) is 4.73. The van der Waals surface area contributed by atoms with E-state index in [9.17, 15) is 4.79 Å². The second-order valence-corrected chi connectivity index (χ2v) is 6.75. The van der Waals surface area contributed by atoms with Crippen LogP contribution >= 0.6 is 0 Å². The first-order valence-electron chi connectivity index (χ1n) is 8.63. The maximum Gasteiger partial charge on any atom is 0.266 e. The van der Waals surface area contributed by atoms with Crippen LogP contribution in [0.15, 0.2) is 16.9 Å². The Morgan fingerprint density at radius 2 is 1.78 bits per heavy atom. The van der Waals surface area contributed by atoms with E-state index in [1.807, 2.05) is 6.92 Å². The minimum Gasteiger partial charge on any atom is -0.379 e. The number of hydrogen-bond donors (Lipinski definition) is 0. The topological polar surface area (TPSA) is 56.6 Å². The molecule has 0 aliphatic carbocycles. The molecule has 23 heavy (non-hydrogen) atoms. The lowest BCUT2D eigenvalue weighted by Crippen LogP contribution is -2.40. The summed E-state index contributed by atoms with van der Waals surface area (Å²) in [5, 5.41) is 4.35. The fourth-order valence-corrected chi connectivity index (χ4v) is 3.41. The quantitative estimate of drug-likeness (QED) is 0.826. The lowest BCUT2D eigenvalue weighted by Gasteiger charge is -2.33. The van der Waals surface area contributed by atoms with Gasteiger partial charge < -0.3 is 14.4 Å². The number of piperidine rings is 1. The highest BCUT2D eigenvalue weighted by atomic mass is 16.5. The first-order valence-corrected chi connectivity index (χ1v) is 8.63. The van der Waals surface area contributed by atoms with Crippen LogP contribution in [-0.4, -0.2) is 60.7 Å². The maximum atomic E-state index is 11.9. The van der Waals surface area contributed by atoms with Gasteiger partial charge in [-0.1, -0.05) is 0 Å². The number of rotatable bonds is 4. The smallest absolute Gasteiger partial charge is 0.266 e. The molecule has 128 valence electrons. The van der Waals surface area contributed by atoms with Gasteiger partial charge in [0.25, 0.3) is 5.56 Å². The van der Waals surface area contributed by atoms with Gasteiger partial charge in [0.2, 0.25) is 0 Å². The summed E-state index contributed by atoms with van der Waals surface area (Å²) >= 11 is 0. The number of hydrogen-bond acceptors (Lipinski definition) is 5. The molecule has 1 aromatic heterocycles. The van der Waals surface area contributed by atoms with E-state index in [-0.39, 0.29) is 5.56 Å². The summed E-state index contributed by atoms with van der Waals surface area (Å²) in [6.07, 6.45) is 2.24. The second-order valence-electron chi connectivity index (χ2n) is 6.75. The first kappa shape index (κ1) is 16.6. The number of aryl methyl sites for hydroxylation is 1. The highest BCUT2D eigenvalue weighted by molar-refractivity contribution is 4.97. The Morgan fingerprint density at radius 3 is 2.48 bits per heavy atom. The molecule has 3 rings (SSSR count). The summed E-state index contributed by atoms with van der Waals surface area (Å²) in [5.74, 6) is 1.02. The van der Waals surface area contributed by atoms with Gasteiger partial charge in [0.05, 0.1) is 32.1 Å². The van der Waals surface area contributed by atoms with E-state index in [1.165, 1.54) is 0 Å². The van der Waals surface area contributed by atoms with Crippen LogP contribution in [0.3, 0.4) is 0 Å². The molecule has 0 atom stereocenters. The van der Waals surface area contributed by atoms with Gasteiger partial charge in [-0.25, -0.2) is 4.68 Å². The van der Waals surface area contributed by atoms with Gasteiger partial charge >= 0.3 is 0 Å². The molecule has 3 heterocycles. The van der Waals surface area contributed by atoms with Crippen LogP contribution in [0.1, 0.15) is 18.5 Å². The zero-order valence-electron chi connectivity index (χ0n) is 13.9. The van der Waals surface area contributed by atoms with Crippen molar-refractivity contribution in [3.05, 3.63) is 28.2 Å². The van der Waals surface area contributed by atoms with Crippen LogP contribution in [0, 0.1) is 18.8 Å². The van der Waals surface area contributed by atoms with E-state index >= 15 is 0 Å². The number of nitrogens with zero attached hydrogens (tertiary/aromatic N) is 3. The van der Waals surface area contributed by atoms with E-state index in [2.05, 4.69) is 10.00 Å². The van der Waals surface area contributed by atoms with Crippen molar-refractivity contribution in [2.75, 3.05) is 46.1 Å². The molecule has 2 aliphatic heterocycles. The molecule has 0 unspecified atom stereocenters. The van der Waals surface area contributed by atoms with Crippen LogP contribution in [0.25, 0.3) is 0 Å². The lowest BCUT2D eigenvalue weighted by molar-refractivity contribution is 0.0850. The first-order chi connectivity index (χ1) is 11.2. The third-order valence-corrected chi connectivity index (χ3v) is 4.73. The average Bonchev–Trinajstić information content (AvgIpc) is 2.81. The van der Waals surface area contributed by atoms with Gasteiger partial charge in [-0.05, 0) is 44.8 Å². The summed E-state index contributed by atoms with van der Waals surface area (Å²) in [5.41, 5.74) is 0.904. The van der Waals surface area contributed by atoms with Gasteiger partial charge in [0.1, 0.15) is 0 Å². The summed E-state index contributed by atoms with van der Waals surface area (Å²) in [4.78, 5) is 14.4. The molecule has 2 aliphatic rings. The van der Waals surface area contributed by atoms with Crippen molar-refractivity contribution in [3.8, 4) is 0 Å². The van der Waals surface area contributed by atoms with Gasteiger partial charge in [-0.2, -0.15) is 5.10 Å². The minimum atomic E-state index is 0.00535. The van der Waals surface area contributed by atoms with Crippen molar-refractivity contribution in [2.45, 2.75) is 26.3 Å². The number of ether oxygens (including phenoxy) is 2. The number of likely N-dealkylation sites (tertiary alicyclic amines) is 1. The molecule has 2 saturated heterocycles. The lowest BCUT2D eigenvalue weighted by atomic mass is 9.96. The Hall–Kier alpha value is -1.24. The highest BCUT2D eigenvalue weighted by Crippen LogP contribution is 2.20. The molecule has 0 saturated carbocycles. The summed E-state index contributed by atoms with van der Waals surface area (Å²) in [6, 6.07) is 3.39. The normalized spacial score (nSPS) is 22.1. The van der Waals surface area contributed by atoms with Crippen molar-refractivity contribution >= 4 is 0 Å². The third kappa shape index (κ3) is 4.86. The zero-order valence-corrected chi connectivity index (χ0v) is 13.9. The zero-order chi connectivity index (χ0) is 16.1. The summed E-state index contributed by atoms with van der Waals surface area (Å²) < 4.78 is 12.8. The molecule has 2 fully saturated rings. The van der Waals surface area contributed by atoms with Gasteiger partial charge in [-0.3, -0.25) is 4.79 Å². The Kier molecular flexibility index (Phi) is 5.80. The van der Waals surface area contributed by atoms with Crippen LogP contribution in [0.2, 0.25) is 0 Å². The fraction of sp³-hybridized carbons (Fsp3) is 0.765. The molecule has 0 radical (unpaired) electrons. The van der Waals surface area contributed by atoms with Crippen molar-refractivity contribution < 1.29 is 9.47 Å². The van der Waals surface area contributed by atoms with E-state index in [0.29, 0.717) is 11.8 Å². The monoisotopic (exact) mass is 321 g/mol. The largest absolute Gasteiger partial charge is 0.379 e. The maximum absolute atomic E-state index is 11.9. The summed E-state index contributed by atoms with van der Waals surface area (Å²) in [6.45, 7) is 8.94. The Labute approximate surface area is 137 Å². The molecule has 6 nitrogen and oxygen atoms in total. The molecule has 0 spiro atoms. The van der Waals surface area contributed by atoms with E-state index in [1.54, 1.807) is 16.8 Å². The Bertz CT molecular complexity index is 544. The van der Waals surface area contributed by atoms with Crippen molar-refractivity contribution in [3.63, 3.8) is 0 Å². The number of aromatic nitrogens is 2. The second kappa shape index (κ2) is 8.04. The molecule has 0 aromatic carbocycles. The fourth-order valence-electron chi connectivity index (χ4n) is 3.41. The molecule has 1 aromatic rings. The predicted octanol–water partition coefficient (Wildman–Crippen LogP) is 0.927. The highest BCUT2D eigenvalue weighted by Gasteiger charge is 2.23. The van der Waals surface area contributed by atoms with E-state index in [4.69, 9.17) is 9.47 Å². The molecule has 6 heteroatoms. The van der Waals surface area contributed by atoms with E-state index < -0.39 is 0 Å². The Balaban J connectivity index is 1.46. The van der Waals surface area contributed by atoms with Crippen molar-refractivity contribution in [1.82, 2.24) is 14.7 Å². The van der Waals surface area contributed by atoms with Gasteiger partial charge in [0.15, 0.2) is 0 Å². The van der Waals surface area contributed by atoms with Crippen LogP contribution in [-0.2, 0) is 16.0 Å².